The zero-order valence-electron chi connectivity index (χ0n) is 11.9. The zero-order chi connectivity index (χ0) is 14.7. The quantitative estimate of drug-likeness (QED) is 0.780. The summed E-state index contributed by atoms with van der Waals surface area (Å²) in [6, 6.07) is 9.73. The first-order valence-corrected chi connectivity index (χ1v) is 7.04. The number of carbonyl (C=O) groups is 1. The third kappa shape index (κ3) is 2.99. The van der Waals surface area contributed by atoms with Crippen LogP contribution in [0.25, 0.3) is 11.0 Å². The predicted octanol–water partition coefficient (Wildman–Crippen LogP) is 3.45. The van der Waals surface area contributed by atoms with Crippen molar-refractivity contribution in [3.8, 4) is 0 Å². The summed E-state index contributed by atoms with van der Waals surface area (Å²) in [5.74, 6) is 0.699. The minimum atomic E-state index is -0.0454. The predicted molar refractivity (Wildman–Crippen MR) is 79.9 cm³/mol. The van der Waals surface area contributed by atoms with Crippen molar-refractivity contribution in [2.45, 2.75) is 26.3 Å². The van der Waals surface area contributed by atoms with E-state index in [0.717, 1.165) is 28.7 Å². The third-order valence-electron chi connectivity index (χ3n) is 3.52. The summed E-state index contributed by atoms with van der Waals surface area (Å²) in [5.41, 5.74) is 2.97. The zero-order valence-corrected chi connectivity index (χ0v) is 11.9. The standard InChI is InChI=1S/C17H17NO3/c1-2-12-5-6-16-15(8-12)13(11-21-16)9-17(19)18-10-14-4-3-7-20-14/h3-8,11H,2,9-10H2,1H3,(H,18,19). The fourth-order valence-corrected chi connectivity index (χ4v) is 2.32. The van der Waals surface area contributed by atoms with E-state index in [9.17, 15) is 4.79 Å². The molecule has 0 aliphatic carbocycles. The van der Waals surface area contributed by atoms with Crippen molar-refractivity contribution in [1.82, 2.24) is 5.32 Å². The molecule has 0 spiro atoms. The number of carbonyl (C=O) groups excluding carboxylic acids is 1. The number of aryl methyl sites for hydroxylation is 1. The molecule has 108 valence electrons. The summed E-state index contributed by atoms with van der Waals surface area (Å²) >= 11 is 0. The summed E-state index contributed by atoms with van der Waals surface area (Å²) < 4.78 is 10.7. The van der Waals surface area contributed by atoms with Gasteiger partial charge in [-0.25, -0.2) is 0 Å². The maximum Gasteiger partial charge on any atom is 0.224 e. The molecule has 0 saturated heterocycles. The minimum Gasteiger partial charge on any atom is -0.467 e. The van der Waals surface area contributed by atoms with Crippen LogP contribution in [0.3, 0.4) is 0 Å². The maximum atomic E-state index is 12.0. The molecule has 2 aromatic heterocycles. The first kappa shape index (κ1) is 13.5. The highest BCUT2D eigenvalue weighted by molar-refractivity contribution is 5.88. The van der Waals surface area contributed by atoms with Crippen LogP contribution in [-0.4, -0.2) is 5.91 Å². The second kappa shape index (κ2) is 5.87. The minimum absolute atomic E-state index is 0.0454. The number of nitrogens with one attached hydrogen (secondary N) is 1. The Morgan fingerprint density at radius 1 is 1.24 bits per heavy atom. The van der Waals surface area contributed by atoms with Gasteiger partial charge in [0.25, 0.3) is 0 Å². The molecule has 1 N–H and O–H groups in total. The van der Waals surface area contributed by atoms with Crippen LogP contribution in [0, 0.1) is 0 Å². The highest BCUT2D eigenvalue weighted by Crippen LogP contribution is 2.23. The molecule has 1 aromatic carbocycles. The van der Waals surface area contributed by atoms with Gasteiger partial charge in [-0.15, -0.1) is 0 Å². The maximum absolute atomic E-state index is 12.0. The molecule has 3 aromatic rings. The van der Waals surface area contributed by atoms with Gasteiger partial charge >= 0.3 is 0 Å². The molecule has 4 heteroatoms. The van der Waals surface area contributed by atoms with Gasteiger partial charge in [0, 0.05) is 10.9 Å². The molecule has 0 unspecified atom stereocenters. The Morgan fingerprint density at radius 2 is 2.14 bits per heavy atom. The topological polar surface area (TPSA) is 55.4 Å². The van der Waals surface area contributed by atoms with E-state index in [2.05, 4.69) is 18.3 Å². The van der Waals surface area contributed by atoms with Crippen LogP contribution in [0.5, 0.6) is 0 Å². The van der Waals surface area contributed by atoms with Crippen LogP contribution in [0.4, 0.5) is 0 Å². The number of benzene rings is 1. The number of hydrogen-bond acceptors (Lipinski definition) is 3. The summed E-state index contributed by atoms with van der Waals surface area (Å²) in [6.45, 7) is 2.51. The van der Waals surface area contributed by atoms with Crippen molar-refractivity contribution >= 4 is 16.9 Å². The van der Waals surface area contributed by atoms with E-state index in [1.54, 1.807) is 18.6 Å². The van der Waals surface area contributed by atoms with Crippen molar-refractivity contribution in [1.29, 1.82) is 0 Å². The van der Waals surface area contributed by atoms with Gasteiger partial charge in [-0.2, -0.15) is 0 Å². The third-order valence-corrected chi connectivity index (χ3v) is 3.52. The lowest BCUT2D eigenvalue weighted by Gasteiger charge is -2.03. The van der Waals surface area contributed by atoms with E-state index in [-0.39, 0.29) is 5.91 Å². The number of furan rings is 2. The first-order valence-electron chi connectivity index (χ1n) is 7.04. The Bertz CT molecular complexity index is 741. The normalized spacial score (nSPS) is 10.9. The molecule has 0 aliphatic heterocycles. The number of rotatable bonds is 5. The van der Waals surface area contributed by atoms with E-state index >= 15 is 0 Å². The van der Waals surface area contributed by atoms with Crippen LogP contribution in [0.1, 0.15) is 23.8 Å². The van der Waals surface area contributed by atoms with Crippen molar-refractivity contribution < 1.29 is 13.6 Å². The summed E-state index contributed by atoms with van der Waals surface area (Å²) in [6.07, 6.45) is 4.53. The molecule has 3 rings (SSSR count). The average Bonchev–Trinajstić information content (AvgIpc) is 3.15. The van der Waals surface area contributed by atoms with E-state index < -0.39 is 0 Å². The average molecular weight is 283 g/mol. The van der Waals surface area contributed by atoms with Crippen LogP contribution in [0.2, 0.25) is 0 Å². The van der Waals surface area contributed by atoms with Gasteiger partial charge in [-0.1, -0.05) is 13.0 Å². The monoisotopic (exact) mass is 283 g/mol. The van der Waals surface area contributed by atoms with Crippen LogP contribution >= 0.6 is 0 Å². The highest BCUT2D eigenvalue weighted by atomic mass is 16.3. The molecule has 1 amide bonds. The number of hydrogen-bond donors (Lipinski definition) is 1. The first-order chi connectivity index (χ1) is 10.3. The molecule has 0 radical (unpaired) electrons. The lowest BCUT2D eigenvalue weighted by Crippen LogP contribution is -2.24. The van der Waals surface area contributed by atoms with Crippen molar-refractivity contribution in [2.24, 2.45) is 0 Å². The van der Waals surface area contributed by atoms with E-state index in [1.807, 2.05) is 18.2 Å². The fraction of sp³-hybridized carbons (Fsp3) is 0.235. The van der Waals surface area contributed by atoms with Crippen LogP contribution < -0.4 is 5.32 Å². The van der Waals surface area contributed by atoms with Crippen molar-refractivity contribution in [3.63, 3.8) is 0 Å². The Kier molecular flexibility index (Phi) is 3.77. The van der Waals surface area contributed by atoms with Gasteiger partial charge in [-0.05, 0) is 36.2 Å². The second-order valence-electron chi connectivity index (χ2n) is 4.98. The van der Waals surface area contributed by atoms with E-state index in [1.165, 1.54) is 5.56 Å². The molecule has 0 bridgehead atoms. The number of fused-ring (bicyclic) bond motifs is 1. The molecular formula is C17H17NO3. The summed E-state index contributed by atoms with van der Waals surface area (Å²) in [5, 5.41) is 3.86. The van der Waals surface area contributed by atoms with Crippen molar-refractivity contribution in [3.05, 3.63) is 59.7 Å². The Morgan fingerprint density at radius 3 is 2.90 bits per heavy atom. The smallest absolute Gasteiger partial charge is 0.224 e. The lowest BCUT2D eigenvalue weighted by molar-refractivity contribution is -0.120. The molecule has 21 heavy (non-hydrogen) atoms. The molecule has 4 nitrogen and oxygen atoms in total. The van der Waals surface area contributed by atoms with Crippen molar-refractivity contribution in [2.75, 3.05) is 0 Å². The summed E-state index contributed by atoms with van der Waals surface area (Å²) in [4.78, 5) is 12.0. The fourth-order valence-electron chi connectivity index (χ4n) is 2.32. The molecule has 0 atom stereocenters. The summed E-state index contributed by atoms with van der Waals surface area (Å²) in [7, 11) is 0. The Balaban J connectivity index is 1.70. The van der Waals surface area contributed by atoms with Gasteiger partial charge in [0.2, 0.25) is 5.91 Å². The number of amides is 1. The SMILES string of the molecule is CCc1ccc2occ(CC(=O)NCc3ccco3)c2c1. The molecule has 2 heterocycles. The molecule has 0 fully saturated rings. The van der Waals surface area contributed by atoms with E-state index in [0.29, 0.717) is 13.0 Å². The molecular weight excluding hydrogens is 266 g/mol. The van der Waals surface area contributed by atoms with Gasteiger partial charge in [0.05, 0.1) is 25.5 Å². The molecule has 0 aliphatic rings. The Labute approximate surface area is 122 Å². The van der Waals surface area contributed by atoms with Gasteiger partial charge < -0.3 is 14.2 Å². The molecule has 0 saturated carbocycles. The van der Waals surface area contributed by atoms with Gasteiger partial charge in [0.1, 0.15) is 11.3 Å². The van der Waals surface area contributed by atoms with E-state index in [4.69, 9.17) is 8.83 Å². The van der Waals surface area contributed by atoms with Gasteiger partial charge in [-0.3, -0.25) is 4.79 Å². The largest absolute Gasteiger partial charge is 0.467 e. The van der Waals surface area contributed by atoms with Gasteiger partial charge in [0.15, 0.2) is 0 Å². The Hall–Kier alpha value is -2.49. The highest BCUT2D eigenvalue weighted by Gasteiger charge is 2.11. The lowest BCUT2D eigenvalue weighted by atomic mass is 10.1. The second-order valence-corrected chi connectivity index (χ2v) is 4.98. The van der Waals surface area contributed by atoms with Crippen LogP contribution in [0.15, 0.2) is 51.7 Å². The van der Waals surface area contributed by atoms with Crippen LogP contribution in [-0.2, 0) is 24.2 Å².